The number of rotatable bonds is 5. The van der Waals surface area contributed by atoms with Crippen LogP contribution in [0.2, 0.25) is 0 Å². The quantitative estimate of drug-likeness (QED) is 0.890. The molecule has 4 unspecified atom stereocenters. The Kier molecular flexibility index (Phi) is 4.27. The van der Waals surface area contributed by atoms with Gasteiger partial charge < -0.3 is 10.1 Å². The van der Waals surface area contributed by atoms with Gasteiger partial charge in [0, 0.05) is 17.5 Å². The Hall–Kier alpha value is -1.00. The summed E-state index contributed by atoms with van der Waals surface area (Å²) in [5.41, 5.74) is 0.808. The van der Waals surface area contributed by atoms with Crippen LogP contribution in [0.1, 0.15) is 49.8 Å². The second-order valence-corrected chi connectivity index (χ2v) is 6.30. The fourth-order valence-corrected chi connectivity index (χ4v) is 3.72. The van der Waals surface area contributed by atoms with Gasteiger partial charge in [-0.15, -0.1) is 0 Å². The first kappa shape index (κ1) is 14.9. The molecule has 1 aromatic rings. The largest absolute Gasteiger partial charge is 0.375 e. The van der Waals surface area contributed by atoms with E-state index in [2.05, 4.69) is 12.2 Å². The molecule has 2 bridgehead atoms. The molecule has 2 fully saturated rings. The van der Waals surface area contributed by atoms with Crippen molar-refractivity contribution in [2.24, 2.45) is 5.92 Å². The Morgan fingerprint density at radius 1 is 1.29 bits per heavy atom. The number of halogens is 2. The second-order valence-electron chi connectivity index (χ2n) is 6.30. The van der Waals surface area contributed by atoms with Gasteiger partial charge >= 0.3 is 0 Å². The Morgan fingerprint density at radius 3 is 2.71 bits per heavy atom. The summed E-state index contributed by atoms with van der Waals surface area (Å²) in [6, 6.07) is 3.24. The molecule has 0 aliphatic carbocycles. The summed E-state index contributed by atoms with van der Waals surface area (Å²) < 4.78 is 34.2. The molecular weight excluding hydrogens is 272 g/mol. The molecule has 3 rings (SSSR count). The van der Waals surface area contributed by atoms with Gasteiger partial charge in [0.15, 0.2) is 11.6 Å². The van der Waals surface area contributed by atoms with Gasteiger partial charge in [-0.1, -0.05) is 19.1 Å². The third-order valence-corrected chi connectivity index (χ3v) is 4.84. The van der Waals surface area contributed by atoms with E-state index in [0.29, 0.717) is 17.2 Å². The summed E-state index contributed by atoms with van der Waals surface area (Å²) in [6.45, 7) is 4.47. The van der Waals surface area contributed by atoms with Crippen molar-refractivity contribution in [3.63, 3.8) is 0 Å². The normalized spacial score (nSPS) is 29.0. The van der Waals surface area contributed by atoms with E-state index in [9.17, 15) is 8.78 Å². The summed E-state index contributed by atoms with van der Waals surface area (Å²) >= 11 is 0. The molecule has 2 heterocycles. The summed E-state index contributed by atoms with van der Waals surface area (Å²) in [7, 11) is 0. The third-order valence-electron chi connectivity index (χ3n) is 4.84. The molecule has 1 aromatic carbocycles. The lowest BCUT2D eigenvalue weighted by Gasteiger charge is -2.30. The topological polar surface area (TPSA) is 21.3 Å². The predicted molar refractivity (Wildman–Crippen MR) is 78.1 cm³/mol. The second kappa shape index (κ2) is 6.01. The lowest BCUT2D eigenvalue weighted by Crippen LogP contribution is -2.35. The van der Waals surface area contributed by atoms with Crippen LogP contribution < -0.4 is 5.32 Å². The first-order valence-corrected chi connectivity index (χ1v) is 7.95. The maximum absolute atomic E-state index is 14.4. The number of fused-ring (bicyclic) bond motifs is 2. The fraction of sp³-hybridized carbons (Fsp3) is 0.647. The van der Waals surface area contributed by atoms with Crippen molar-refractivity contribution in [1.82, 2.24) is 5.32 Å². The molecular formula is C17H23F2NO. The predicted octanol–water partition coefficient (Wildman–Crippen LogP) is 3.88. The van der Waals surface area contributed by atoms with Gasteiger partial charge in [-0.25, -0.2) is 8.78 Å². The van der Waals surface area contributed by atoms with Crippen LogP contribution in [0.4, 0.5) is 8.78 Å². The molecule has 0 amide bonds. The van der Waals surface area contributed by atoms with Crippen LogP contribution in [0.3, 0.4) is 0 Å². The van der Waals surface area contributed by atoms with Gasteiger partial charge in [0.05, 0.1) is 12.2 Å². The van der Waals surface area contributed by atoms with E-state index < -0.39 is 11.6 Å². The van der Waals surface area contributed by atoms with Crippen LogP contribution in [-0.4, -0.2) is 18.8 Å². The zero-order chi connectivity index (χ0) is 15.0. The molecule has 2 nitrogen and oxygen atoms in total. The minimum absolute atomic E-state index is 0.157. The molecule has 1 N–H and O–H groups in total. The van der Waals surface area contributed by atoms with Crippen molar-refractivity contribution < 1.29 is 13.5 Å². The Bertz CT molecular complexity index is 520. The Balaban J connectivity index is 1.90. The molecule has 2 aliphatic rings. The highest BCUT2D eigenvalue weighted by Crippen LogP contribution is 2.45. The minimum atomic E-state index is -0.722. The highest BCUT2D eigenvalue weighted by Gasteiger charge is 2.45. The third kappa shape index (κ3) is 2.71. The lowest BCUT2D eigenvalue weighted by atomic mass is 9.80. The molecule has 4 heteroatoms. The average Bonchev–Trinajstić information content (AvgIpc) is 3.10. The summed E-state index contributed by atoms with van der Waals surface area (Å²) in [6.07, 6.45) is 4.55. The average molecular weight is 295 g/mol. The molecule has 4 atom stereocenters. The number of hydrogen-bond donors (Lipinski definition) is 1. The first-order valence-electron chi connectivity index (χ1n) is 7.95. The van der Waals surface area contributed by atoms with Crippen LogP contribution in [0.15, 0.2) is 12.1 Å². The van der Waals surface area contributed by atoms with Crippen molar-refractivity contribution in [2.75, 3.05) is 6.54 Å². The van der Waals surface area contributed by atoms with Gasteiger partial charge in [-0.3, -0.25) is 0 Å². The zero-order valence-electron chi connectivity index (χ0n) is 12.7. The number of hydrogen-bond acceptors (Lipinski definition) is 2. The molecule has 116 valence electrons. The van der Waals surface area contributed by atoms with E-state index in [1.807, 2.05) is 0 Å². The lowest BCUT2D eigenvalue weighted by molar-refractivity contribution is 0.0853. The van der Waals surface area contributed by atoms with E-state index in [1.165, 1.54) is 0 Å². The van der Waals surface area contributed by atoms with Gasteiger partial charge in [-0.2, -0.15) is 0 Å². The maximum atomic E-state index is 14.4. The van der Waals surface area contributed by atoms with Crippen molar-refractivity contribution >= 4 is 0 Å². The Labute approximate surface area is 124 Å². The maximum Gasteiger partial charge on any atom is 0.163 e. The van der Waals surface area contributed by atoms with Crippen LogP contribution in [0.5, 0.6) is 0 Å². The SMILES string of the molecule is CCCNC(c1ccc(C)c(F)c1F)C1CC2CCC1O2. The molecule has 0 aromatic heterocycles. The van der Waals surface area contributed by atoms with Gasteiger partial charge in [-0.05, 0) is 44.7 Å². The number of nitrogens with one attached hydrogen (secondary N) is 1. The molecule has 2 aliphatic heterocycles. The van der Waals surface area contributed by atoms with Crippen LogP contribution in [-0.2, 0) is 4.74 Å². The van der Waals surface area contributed by atoms with Gasteiger partial charge in [0.2, 0.25) is 0 Å². The molecule has 0 saturated carbocycles. The molecule has 2 saturated heterocycles. The Morgan fingerprint density at radius 2 is 2.10 bits per heavy atom. The van der Waals surface area contributed by atoms with E-state index in [0.717, 1.165) is 32.2 Å². The highest BCUT2D eigenvalue weighted by atomic mass is 19.2. The fourth-order valence-electron chi connectivity index (χ4n) is 3.72. The van der Waals surface area contributed by atoms with Crippen LogP contribution >= 0.6 is 0 Å². The molecule has 21 heavy (non-hydrogen) atoms. The van der Waals surface area contributed by atoms with Gasteiger partial charge in [0.25, 0.3) is 0 Å². The molecule has 0 spiro atoms. The summed E-state index contributed by atoms with van der Waals surface area (Å²) in [5.74, 6) is -1.18. The number of benzene rings is 1. The van der Waals surface area contributed by atoms with Crippen LogP contribution in [0.25, 0.3) is 0 Å². The minimum Gasteiger partial charge on any atom is -0.375 e. The monoisotopic (exact) mass is 295 g/mol. The first-order chi connectivity index (χ1) is 10.1. The van der Waals surface area contributed by atoms with Crippen LogP contribution in [0, 0.1) is 24.5 Å². The van der Waals surface area contributed by atoms with E-state index in [1.54, 1.807) is 19.1 Å². The van der Waals surface area contributed by atoms with Crippen molar-refractivity contribution in [3.05, 3.63) is 34.9 Å². The van der Waals surface area contributed by atoms with Crippen molar-refractivity contribution in [1.29, 1.82) is 0 Å². The van der Waals surface area contributed by atoms with E-state index in [4.69, 9.17) is 4.74 Å². The van der Waals surface area contributed by atoms with Crippen molar-refractivity contribution in [2.45, 2.75) is 57.8 Å². The summed E-state index contributed by atoms with van der Waals surface area (Å²) in [4.78, 5) is 0. The smallest absolute Gasteiger partial charge is 0.163 e. The zero-order valence-corrected chi connectivity index (χ0v) is 12.7. The summed E-state index contributed by atoms with van der Waals surface area (Å²) in [5, 5.41) is 3.41. The van der Waals surface area contributed by atoms with E-state index >= 15 is 0 Å². The number of aryl methyl sites for hydroxylation is 1. The van der Waals surface area contributed by atoms with Gasteiger partial charge in [0.1, 0.15) is 0 Å². The molecule has 0 radical (unpaired) electrons. The highest BCUT2D eigenvalue weighted by molar-refractivity contribution is 5.29. The number of ether oxygens (including phenoxy) is 1. The van der Waals surface area contributed by atoms with Crippen molar-refractivity contribution in [3.8, 4) is 0 Å². The van der Waals surface area contributed by atoms with E-state index in [-0.39, 0.29) is 18.1 Å². The standard InChI is InChI=1S/C17H23F2NO/c1-3-8-20-17(13-9-11-5-7-14(13)21-11)12-6-4-10(2)15(18)16(12)19/h4,6,11,13-14,17,20H,3,5,7-9H2,1-2H3.